The molecule has 0 aliphatic carbocycles. The molecule has 0 unspecified atom stereocenters. The number of halogens is 1. The molecule has 1 fully saturated rings. The van der Waals surface area contributed by atoms with Crippen molar-refractivity contribution in [3.05, 3.63) is 53.6 Å². The Balaban J connectivity index is 1.63. The van der Waals surface area contributed by atoms with E-state index in [1.165, 1.54) is 0 Å². The Kier molecular flexibility index (Phi) is 5.91. The highest BCUT2D eigenvalue weighted by molar-refractivity contribution is 6.30. The van der Waals surface area contributed by atoms with Crippen LogP contribution in [0.5, 0.6) is 0 Å². The van der Waals surface area contributed by atoms with Gasteiger partial charge in [0.1, 0.15) is 6.61 Å². The Morgan fingerprint density at radius 2 is 1.73 bits per heavy atom. The van der Waals surface area contributed by atoms with E-state index in [0.717, 1.165) is 16.8 Å². The van der Waals surface area contributed by atoms with Crippen LogP contribution in [0, 0.1) is 5.92 Å². The number of anilines is 1. The fraction of sp³-hybridized carbons (Fsp3) is 0.300. The Bertz CT molecular complexity index is 801. The van der Waals surface area contributed by atoms with Gasteiger partial charge >= 0.3 is 0 Å². The van der Waals surface area contributed by atoms with Gasteiger partial charge in [0.05, 0.1) is 0 Å². The van der Waals surface area contributed by atoms with Gasteiger partial charge in [-0.25, -0.2) is 0 Å². The molecule has 0 spiro atoms. The smallest absolute Gasteiger partial charge is 0.248 e. The van der Waals surface area contributed by atoms with Gasteiger partial charge in [0.15, 0.2) is 0 Å². The maximum absolute atomic E-state index is 12.5. The first kappa shape index (κ1) is 18.4. The van der Waals surface area contributed by atoms with Crippen LogP contribution in [0.4, 0.5) is 5.69 Å². The summed E-state index contributed by atoms with van der Waals surface area (Å²) >= 11 is 6.05. The number of piperidine rings is 1. The number of carbonyl (C=O) groups excluding carboxylic acids is 2. The molecule has 2 N–H and O–H groups in total. The summed E-state index contributed by atoms with van der Waals surface area (Å²) < 4.78 is 0. The van der Waals surface area contributed by atoms with Crippen LogP contribution in [0.1, 0.15) is 12.8 Å². The summed E-state index contributed by atoms with van der Waals surface area (Å²) in [6, 6.07) is 15.2. The lowest BCUT2D eigenvalue weighted by molar-refractivity contribution is -0.137. The summed E-state index contributed by atoms with van der Waals surface area (Å²) in [6.07, 6.45) is 1.21. The van der Waals surface area contributed by atoms with E-state index in [0.29, 0.717) is 31.0 Å². The van der Waals surface area contributed by atoms with Crippen LogP contribution in [0.3, 0.4) is 0 Å². The van der Waals surface area contributed by atoms with Crippen molar-refractivity contribution in [3.8, 4) is 11.1 Å². The largest absolute Gasteiger partial charge is 0.387 e. The SMILES string of the molecule is O=C(Nc1cccc(-c2cccc(Cl)c2)c1)C1CCN(C(=O)CO)CC1. The number of aliphatic hydroxyl groups is 1. The Labute approximate surface area is 157 Å². The third kappa shape index (κ3) is 4.42. The first-order valence-electron chi connectivity index (χ1n) is 8.62. The molecule has 0 atom stereocenters. The number of benzene rings is 2. The van der Waals surface area contributed by atoms with E-state index in [1.54, 1.807) is 4.90 Å². The van der Waals surface area contributed by atoms with E-state index in [-0.39, 0.29) is 17.7 Å². The van der Waals surface area contributed by atoms with Crippen molar-refractivity contribution in [1.82, 2.24) is 4.90 Å². The number of aliphatic hydroxyl groups excluding tert-OH is 1. The molecule has 136 valence electrons. The van der Waals surface area contributed by atoms with Crippen LogP contribution in [0.25, 0.3) is 11.1 Å². The standard InChI is InChI=1S/C20H21ClN2O3/c21-17-5-1-3-15(11-17)16-4-2-6-18(12-16)22-20(26)14-7-9-23(10-8-14)19(25)13-24/h1-6,11-12,14,24H,7-10,13H2,(H,22,26). The molecule has 2 amide bonds. The van der Waals surface area contributed by atoms with Gasteiger partial charge in [0.25, 0.3) is 0 Å². The molecule has 2 aromatic carbocycles. The lowest BCUT2D eigenvalue weighted by Crippen LogP contribution is -2.42. The van der Waals surface area contributed by atoms with E-state index < -0.39 is 6.61 Å². The first-order valence-corrected chi connectivity index (χ1v) is 9.00. The predicted octanol–water partition coefficient (Wildman–Crippen LogP) is 3.18. The fourth-order valence-electron chi connectivity index (χ4n) is 3.18. The van der Waals surface area contributed by atoms with Crippen molar-refractivity contribution in [2.45, 2.75) is 12.8 Å². The number of hydrogen-bond donors (Lipinski definition) is 2. The normalized spacial score (nSPS) is 14.9. The molecule has 1 heterocycles. The molecule has 26 heavy (non-hydrogen) atoms. The highest BCUT2D eigenvalue weighted by atomic mass is 35.5. The molecule has 1 aliphatic heterocycles. The third-order valence-corrected chi connectivity index (χ3v) is 4.88. The van der Waals surface area contributed by atoms with Gasteiger partial charge in [0.2, 0.25) is 11.8 Å². The van der Waals surface area contributed by atoms with Gasteiger partial charge in [-0.2, -0.15) is 0 Å². The average molecular weight is 373 g/mol. The quantitative estimate of drug-likeness (QED) is 0.866. The highest BCUT2D eigenvalue weighted by Crippen LogP contribution is 2.26. The summed E-state index contributed by atoms with van der Waals surface area (Å²) in [5.74, 6) is -0.449. The minimum absolute atomic E-state index is 0.0376. The minimum Gasteiger partial charge on any atom is -0.387 e. The van der Waals surface area contributed by atoms with Crippen molar-refractivity contribution < 1.29 is 14.7 Å². The zero-order valence-corrected chi connectivity index (χ0v) is 15.1. The number of nitrogens with zero attached hydrogens (tertiary/aromatic N) is 1. The third-order valence-electron chi connectivity index (χ3n) is 4.64. The van der Waals surface area contributed by atoms with E-state index in [2.05, 4.69) is 5.32 Å². The Hall–Kier alpha value is -2.37. The Morgan fingerprint density at radius 1 is 1.08 bits per heavy atom. The summed E-state index contributed by atoms with van der Waals surface area (Å²) in [7, 11) is 0. The van der Waals surface area contributed by atoms with Gasteiger partial charge in [-0.15, -0.1) is 0 Å². The maximum atomic E-state index is 12.5. The van der Waals surface area contributed by atoms with E-state index in [4.69, 9.17) is 16.7 Å². The summed E-state index contributed by atoms with van der Waals surface area (Å²) in [5.41, 5.74) is 2.71. The van der Waals surface area contributed by atoms with E-state index in [9.17, 15) is 9.59 Å². The Morgan fingerprint density at radius 3 is 2.38 bits per heavy atom. The summed E-state index contributed by atoms with van der Waals surface area (Å²) in [6.45, 7) is 0.521. The molecular weight excluding hydrogens is 352 g/mol. The monoisotopic (exact) mass is 372 g/mol. The van der Waals surface area contributed by atoms with Crippen molar-refractivity contribution in [2.75, 3.05) is 25.0 Å². The molecule has 1 aliphatic rings. The summed E-state index contributed by atoms with van der Waals surface area (Å²) in [4.78, 5) is 25.6. The van der Waals surface area contributed by atoms with Gasteiger partial charge in [-0.3, -0.25) is 9.59 Å². The van der Waals surface area contributed by atoms with Crippen LogP contribution in [-0.2, 0) is 9.59 Å². The van der Waals surface area contributed by atoms with Crippen LogP contribution in [0.15, 0.2) is 48.5 Å². The fourth-order valence-corrected chi connectivity index (χ4v) is 3.37. The number of rotatable bonds is 4. The molecule has 0 aromatic heterocycles. The maximum Gasteiger partial charge on any atom is 0.248 e. The highest BCUT2D eigenvalue weighted by Gasteiger charge is 2.27. The van der Waals surface area contributed by atoms with Crippen molar-refractivity contribution in [1.29, 1.82) is 0 Å². The minimum atomic E-state index is -0.479. The molecule has 2 aromatic rings. The van der Waals surface area contributed by atoms with Crippen molar-refractivity contribution in [2.24, 2.45) is 5.92 Å². The van der Waals surface area contributed by atoms with Crippen LogP contribution < -0.4 is 5.32 Å². The van der Waals surface area contributed by atoms with E-state index >= 15 is 0 Å². The summed E-state index contributed by atoms with van der Waals surface area (Å²) in [5, 5.41) is 12.6. The van der Waals surface area contributed by atoms with Gasteiger partial charge in [-0.05, 0) is 48.2 Å². The average Bonchev–Trinajstić information content (AvgIpc) is 2.67. The lowest BCUT2D eigenvalue weighted by Gasteiger charge is -2.30. The molecule has 5 nitrogen and oxygen atoms in total. The predicted molar refractivity (Wildman–Crippen MR) is 102 cm³/mol. The first-order chi connectivity index (χ1) is 12.6. The van der Waals surface area contributed by atoms with Crippen LogP contribution >= 0.6 is 11.6 Å². The molecular formula is C20H21ClN2O3. The van der Waals surface area contributed by atoms with Crippen LogP contribution in [0.2, 0.25) is 5.02 Å². The molecule has 0 saturated carbocycles. The van der Waals surface area contributed by atoms with Gasteiger partial charge in [-0.1, -0.05) is 35.9 Å². The van der Waals surface area contributed by atoms with Crippen molar-refractivity contribution in [3.63, 3.8) is 0 Å². The second-order valence-corrected chi connectivity index (χ2v) is 6.83. The second kappa shape index (κ2) is 8.34. The van der Waals surface area contributed by atoms with Gasteiger partial charge in [0, 0.05) is 29.7 Å². The lowest BCUT2D eigenvalue weighted by atomic mass is 9.95. The van der Waals surface area contributed by atoms with Gasteiger partial charge < -0.3 is 15.3 Å². The topological polar surface area (TPSA) is 69.6 Å². The molecule has 0 bridgehead atoms. The molecule has 6 heteroatoms. The van der Waals surface area contributed by atoms with Crippen LogP contribution in [-0.4, -0.2) is 41.5 Å². The number of nitrogens with one attached hydrogen (secondary N) is 1. The molecule has 0 radical (unpaired) electrons. The zero-order valence-electron chi connectivity index (χ0n) is 14.3. The molecule has 3 rings (SSSR count). The van der Waals surface area contributed by atoms with Crippen molar-refractivity contribution >= 4 is 29.1 Å². The number of amides is 2. The second-order valence-electron chi connectivity index (χ2n) is 6.39. The zero-order chi connectivity index (χ0) is 18.5. The number of carbonyl (C=O) groups is 2. The number of likely N-dealkylation sites (tertiary alicyclic amines) is 1. The molecule has 1 saturated heterocycles. The number of hydrogen-bond acceptors (Lipinski definition) is 3. The van der Waals surface area contributed by atoms with E-state index in [1.807, 2.05) is 48.5 Å².